The van der Waals surface area contributed by atoms with Crippen molar-refractivity contribution >= 4 is 57.6 Å². The number of hydrogen-bond acceptors (Lipinski definition) is 5. The number of carbonyl (C=O) groups is 2. The van der Waals surface area contributed by atoms with Gasteiger partial charge in [-0.05, 0) is 58.5 Å². The van der Waals surface area contributed by atoms with Crippen molar-refractivity contribution in [2.24, 2.45) is 0 Å². The molecule has 2 aromatic rings. The van der Waals surface area contributed by atoms with Gasteiger partial charge in [-0.15, -0.1) is 0 Å². The molecule has 7 nitrogen and oxygen atoms in total. The van der Waals surface area contributed by atoms with Crippen LogP contribution in [0.25, 0.3) is 0 Å². The van der Waals surface area contributed by atoms with Gasteiger partial charge in [0.1, 0.15) is 18.0 Å². The van der Waals surface area contributed by atoms with Crippen LogP contribution >= 0.6 is 45.8 Å². The topological polar surface area (TPSA) is 99.1 Å². The predicted octanol–water partition coefficient (Wildman–Crippen LogP) is 3.95. The Kier molecular flexibility index (Phi) is 10.2. The largest absolute Gasteiger partial charge is 0.482 e. The van der Waals surface area contributed by atoms with E-state index in [0.717, 1.165) is 3.57 Å². The number of nitrogens with zero attached hydrogens (tertiary/aromatic N) is 1. The standard InChI is InChI=1S/C25H27Cl2IN2O5/c1-2-23(32)30(14-15-7-8-17(26)13-18(15)27)20-11-16(25(34)29-9-10-31)12-22(24(20)33)35-21-6-4-3-5-19(21)28/h3-8,12-13,20,22,24,31,33H,2,9-11,14H2,1H3,(H,29,34). The van der Waals surface area contributed by atoms with Crippen LogP contribution in [-0.2, 0) is 16.1 Å². The number of para-hydroxylation sites is 1. The van der Waals surface area contributed by atoms with Crippen molar-refractivity contribution in [2.45, 2.75) is 44.6 Å². The molecule has 2 aromatic carbocycles. The van der Waals surface area contributed by atoms with E-state index >= 15 is 0 Å². The molecule has 3 rings (SSSR count). The molecular weight excluding hydrogens is 606 g/mol. The summed E-state index contributed by atoms with van der Waals surface area (Å²) >= 11 is 14.5. The van der Waals surface area contributed by atoms with E-state index in [2.05, 4.69) is 27.9 Å². The fourth-order valence-corrected chi connectivity index (χ4v) is 4.88. The number of benzene rings is 2. The second kappa shape index (κ2) is 12.9. The minimum Gasteiger partial charge on any atom is -0.482 e. The molecule has 0 saturated carbocycles. The van der Waals surface area contributed by atoms with Crippen LogP contribution in [0.3, 0.4) is 0 Å². The van der Waals surface area contributed by atoms with E-state index in [0.29, 0.717) is 26.9 Å². The second-order valence-electron chi connectivity index (χ2n) is 8.06. The molecule has 3 unspecified atom stereocenters. The monoisotopic (exact) mass is 632 g/mol. The number of carbonyl (C=O) groups excluding carboxylic acids is 2. The molecule has 0 fully saturated rings. The summed E-state index contributed by atoms with van der Waals surface area (Å²) in [6, 6.07) is 11.6. The van der Waals surface area contributed by atoms with Gasteiger partial charge in [-0.3, -0.25) is 9.59 Å². The quantitative estimate of drug-likeness (QED) is 0.364. The number of hydrogen-bond donors (Lipinski definition) is 3. The summed E-state index contributed by atoms with van der Waals surface area (Å²) in [5, 5.41) is 24.0. The van der Waals surface area contributed by atoms with E-state index in [1.54, 1.807) is 42.2 Å². The first-order valence-corrected chi connectivity index (χ1v) is 13.0. The summed E-state index contributed by atoms with van der Waals surface area (Å²) in [6.45, 7) is 1.75. The summed E-state index contributed by atoms with van der Waals surface area (Å²) in [6.07, 6.45) is -0.0943. The third-order valence-electron chi connectivity index (χ3n) is 5.69. The van der Waals surface area contributed by atoms with E-state index in [1.165, 1.54) is 0 Å². The SMILES string of the molecule is CCC(=O)N(Cc1ccc(Cl)cc1Cl)C1CC(C(=O)NCCO)=CC(Oc2ccccc2I)C1O. The lowest BCUT2D eigenvalue weighted by molar-refractivity contribution is -0.139. The van der Waals surface area contributed by atoms with Gasteiger partial charge in [0, 0.05) is 41.5 Å². The van der Waals surface area contributed by atoms with Crippen LogP contribution in [0.5, 0.6) is 5.75 Å². The van der Waals surface area contributed by atoms with Gasteiger partial charge in [-0.1, -0.05) is 48.3 Å². The Balaban J connectivity index is 1.97. The molecule has 35 heavy (non-hydrogen) atoms. The molecule has 0 aliphatic heterocycles. The first-order chi connectivity index (χ1) is 16.7. The zero-order chi connectivity index (χ0) is 25.5. The summed E-state index contributed by atoms with van der Waals surface area (Å²) in [4.78, 5) is 27.4. The van der Waals surface area contributed by atoms with Crippen LogP contribution in [0.15, 0.2) is 54.1 Å². The van der Waals surface area contributed by atoms with Gasteiger partial charge in [-0.25, -0.2) is 0 Å². The predicted molar refractivity (Wildman–Crippen MR) is 143 cm³/mol. The molecule has 1 aliphatic rings. The third-order valence-corrected chi connectivity index (χ3v) is 7.17. The van der Waals surface area contributed by atoms with E-state index < -0.39 is 18.2 Å². The van der Waals surface area contributed by atoms with Crippen LogP contribution in [0.1, 0.15) is 25.3 Å². The zero-order valence-corrected chi connectivity index (χ0v) is 22.8. The van der Waals surface area contributed by atoms with Crippen LogP contribution in [-0.4, -0.2) is 58.3 Å². The maximum absolute atomic E-state index is 13.1. The molecule has 0 aromatic heterocycles. The summed E-state index contributed by atoms with van der Waals surface area (Å²) in [5.74, 6) is -0.0378. The number of rotatable bonds is 9. The average molecular weight is 633 g/mol. The fraction of sp³-hybridized carbons (Fsp3) is 0.360. The van der Waals surface area contributed by atoms with Crippen molar-refractivity contribution in [3.8, 4) is 5.75 Å². The lowest BCUT2D eigenvalue weighted by Crippen LogP contribution is -2.54. The highest BCUT2D eigenvalue weighted by atomic mass is 127. The van der Waals surface area contributed by atoms with Crippen molar-refractivity contribution in [1.29, 1.82) is 0 Å². The molecule has 0 heterocycles. The maximum Gasteiger partial charge on any atom is 0.247 e. The molecule has 1 aliphatic carbocycles. The maximum atomic E-state index is 13.1. The molecule has 0 radical (unpaired) electrons. The van der Waals surface area contributed by atoms with Gasteiger partial charge >= 0.3 is 0 Å². The number of aliphatic hydroxyl groups excluding tert-OH is 2. The smallest absolute Gasteiger partial charge is 0.247 e. The second-order valence-corrected chi connectivity index (χ2v) is 10.1. The van der Waals surface area contributed by atoms with Gasteiger partial charge in [0.25, 0.3) is 0 Å². The van der Waals surface area contributed by atoms with Gasteiger partial charge in [0.05, 0.1) is 16.2 Å². The first-order valence-electron chi connectivity index (χ1n) is 11.2. The lowest BCUT2D eigenvalue weighted by Gasteiger charge is -2.40. The number of aliphatic hydroxyl groups is 2. The Morgan fingerprint density at radius 3 is 2.63 bits per heavy atom. The molecule has 0 spiro atoms. The minimum atomic E-state index is -1.11. The van der Waals surface area contributed by atoms with Crippen LogP contribution in [0, 0.1) is 3.57 Å². The number of halogens is 3. The van der Waals surface area contributed by atoms with Crippen molar-refractivity contribution in [1.82, 2.24) is 10.2 Å². The number of ether oxygens (including phenoxy) is 1. The van der Waals surface area contributed by atoms with Crippen LogP contribution in [0.4, 0.5) is 0 Å². The fourth-order valence-electron chi connectivity index (χ4n) is 3.89. The van der Waals surface area contributed by atoms with Gasteiger partial charge in [0.2, 0.25) is 11.8 Å². The summed E-state index contributed by atoms with van der Waals surface area (Å²) in [7, 11) is 0. The Bertz CT molecular complexity index is 1100. The number of amides is 2. The van der Waals surface area contributed by atoms with E-state index in [-0.39, 0.29) is 44.4 Å². The zero-order valence-electron chi connectivity index (χ0n) is 19.1. The Morgan fingerprint density at radius 2 is 1.97 bits per heavy atom. The molecular formula is C25H27Cl2IN2O5. The highest BCUT2D eigenvalue weighted by Gasteiger charge is 2.40. The van der Waals surface area contributed by atoms with E-state index in [4.69, 9.17) is 33.0 Å². The van der Waals surface area contributed by atoms with Crippen molar-refractivity contribution in [3.63, 3.8) is 0 Å². The van der Waals surface area contributed by atoms with Crippen LogP contribution in [0.2, 0.25) is 10.0 Å². The Labute approximate surface area is 228 Å². The molecule has 0 saturated heterocycles. The Morgan fingerprint density at radius 1 is 1.23 bits per heavy atom. The molecule has 10 heteroatoms. The van der Waals surface area contributed by atoms with Gasteiger partial charge < -0.3 is 25.2 Å². The highest BCUT2D eigenvalue weighted by molar-refractivity contribution is 14.1. The average Bonchev–Trinajstić information content (AvgIpc) is 2.84. The van der Waals surface area contributed by atoms with E-state index in [1.807, 2.05) is 18.2 Å². The molecule has 0 bridgehead atoms. The Hall–Kier alpha value is -1.85. The van der Waals surface area contributed by atoms with Gasteiger partial charge in [-0.2, -0.15) is 0 Å². The molecule has 2 amide bonds. The normalized spacial score (nSPS) is 19.6. The van der Waals surface area contributed by atoms with E-state index in [9.17, 15) is 14.7 Å². The lowest BCUT2D eigenvalue weighted by atomic mass is 9.87. The van der Waals surface area contributed by atoms with Crippen molar-refractivity contribution in [3.05, 3.63) is 73.3 Å². The molecule has 188 valence electrons. The van der Waals surface area contributed by atoms with Crippen molar-refractivity contribution in [2.75, 3.05) is 13.2 Å². The summed E-state index contributed by atoms with van der Waals surface area (Å²) in [5.41, 5.74) is 1.03. The minimum absolute atomic E-state index is 0.0868. The molecule has 3 atom stereocenters. The summed E-state index contributed by atoms with van der Waals surface area (Å²) < 4.78 is 6.96. The molecule has 3 N–H and O–H groups in total. The third kappa shape index (κ3) is 7.10. The van der Waals surface area contributed by atoms with Crippen molar-refractivity contribution < 1.29 is 24.5 Å². The van der Waals surface area contributed by atoms with Gasteiger partial charge in [0.15, 0.2) is 0 Å². The number of nitrogens with one attached hydrogen (secondary N) is 1. The van der Waals surface area contributed by atoms with Crippen LogP contribution < -0.4 is 10.1 Å². The first kappa shape index (κ1) is 27.7. The highest BCUT2D eigenvalue weighted by Crippen LogP contribution is 2.32.